The molecule has 0 saturated carbocycles. The van der Waals surface area contributed by atoms with Crippen molar-refractivity contribution in [3.8, 4) is 23.0 Å². The van der Waals surface area contributed by atoms with Crippen LogP contribution in [0.1, 0.15) is 55.3 Å². The average molecular weight is 510 g/mol. The van der Waals surface area contributed by atoms with Crippen LogP contribution in [0.2, 0.25) is 0 Å². The predicted molar refractivity (Wildman–Crippen MR) is 147 cm³/mol. The molecule has 0 radical (unpaired) electrons. The minimum Gasteiger partial charge on any atom is -0.493 e. The van der Waals surface area contributed by atoms with Gasteiger partial charge >= 0.3 is 0 Å². The molecule has 0 amide bonds. The second-order valence-corrected chi connectivity index (χ2v) is 8.16. The van der Waals surface area contributed by atoms with Gasteiger partial charge in [-0.2, -0.15) is 0 Å². The quantitative estimate of drug-likeness (QED) is 0.198. The monoisotopic (exact) mass is 509 g/mol. The van der Waals surface area contributed by atoms with E-state index in [-0.39, 0.29) is 24.7 Å². The Labute approximate surface area is 220 Å². The molecule has 2 aromatic carbocycles. The van der Waals surface area contributed by atoms with Crippen molar-refractivity contribution < 1.29 is 28.5 Å². The fourth-order valence-corrected chi connectivity index (χ4v) is 3.89. The number of benzene rings is 2. The summed E-state index contributed by atoms with van der Waals surface area (Å²) in [6.07, 6.45) is 0. The number of ketones is 2. The van der Waals surface area contributed by atoms with Crippen molar-refractivity contribution in [2.24, 2.45) is 0 Å². The molecule has 0 fully saturated rings. The van der Waals surface area contributed by atoms with E-state index in [9.17, 15) is 9.59 Å². The highest BCUT2D eigenvalue weighted by atomic mass is 16.5. The topological polar surface area (TPSA) is 74.3 Å². The Morgan fingerprint density at radius 3 is 1.16 bits per heavy atom. The molecule has 0 aliphatic rings. The molecule has 2 aromatic rings. The number of likely N-dealkylation sites (N-methyl/N-ethyl adjacent to an activating group) is 1. The summed E-state index contributed by atoms with van der Waals surface area (Å²) in [6.45, 7) is 20.2. The lowest BCUT2D eigenvalue weighted by Crippen LogP contribution is -2.31. The third-order valence-electron chi connectivity index (χ3n) is 5.55. The molecular weight excluding hydrogens is 470 g/mol. The highest BCUT2D eigenvalue weighted by Gasteiger charge is 2.25. The van der Waals surface area contributed by atoms with Crippen molar-refractivity contribution >= 4 is 11.6 Å². The van der Waals surface area contributed by atoms with E-state index in [0.29, 0.717) is 78.2 Å². The van der Waals surface area contributed by atoms with Crippen LogP contribution in [0.4, 0.5) is 0 Å². The molecule has 7 nitrogen and oxygen atoms in total. The van der Waals surface area contributed by atoms with Gasteiger partial charge in [0.05, 0.1) is 26.4 Å². The van der Waals surface area contributed by atoms with Crippen LogP contribution in [0.5, 0.6) is 23.0 Å². The van der Waals surface area contributed by atoms with E-state index in [2.05, 4.69) is 13.2 Å². The highest BCUT2D eigenvalue weighted by molar-refractivity contribution is 6.13. The number of ether oxygens (including phenoxy) is 4. The lowest BCUT2D eigenvalue weighted by atomic mass is 10.00. The van der Waals surface area contributed by atoms with Crippen LogP contribution in [0.3, 0.4) is 0 Å². The van der Waals surface area contributed by atoms with E-state index in [0.717, 1.165) is 0 Å². The summed E-state index contributed by atoms with van der Waals surface area (Å²) in [5, 5.41) is 0. The van der Waals surface area contributed by atoms with Crippen molar-refractivity contribution in [3.05, 3.63) is 71.8 Å². The predicted octanol–water partition coefficient (Wildman–Crippen LogP) is 5.78. The molecule has 0 aliphatic carbocycles. The Bertz CT molecular complexity index is 973. The normalized spacial score (nSPS) is 10.6. The van der Waals surface area contributed by atoms with Crippen LogP contribution < -0.4 is 18.9 Å². The van der Waals surface area contributed by atoms with Gasteiger partial charge in [-0.25, -0.2) is 0 Å². The number of hydrogen-bond acceptors (Lipinski definition) is 7. The van der Waals surface area contributed by atoms with Crippen LogP contribution in [-0.2, 0) is 0 Å². The Kier molecular flexibility index (Phi) is 11.9. The zero-order valence-corrected chi connectivity index (χ0v) is 22.7. The van der Waals surface area contributed by atoms with Gasteiger partial charge in [-0.3, -0.25) is 14.5 Å². The van der Waals surface area contributed by atoms with Crippen LogP contribution in [0.15, 0.2) is 60.7 Å². The molecule has 0 heterocycles. The summed E-state index contributed by atoms with van der Waals surface area (Å²) in [6, 6.07) is 10.6. The largest absolute Gasteiger partial charge is 0.493 e. The maximum absolute atomic E-state index is 13.5. The van der Waals surface area contributed by atoms with Crippen molar-refractivity contribution in [1.82, 2.24) is 4.90 Å². The minimum absolute atomic E-state index is 0.249. The smallest absolute Gasteiger partial charge is 0.197 e. The van der Waals surface area contributed by atoms with E-state index in [1.54, 1.807) is 36.4 Å². The number of carbonyl (C=O) groups is 2. The number of rotatable bonds is 17. The maximum Gasteiger partial charge on any atom is 0.197 e. The molecule has 0 saturated heterocycles. The fourth-order valence-electron chi connectivity index (χ4n) is 3.89. The second-order valence-electron chi connectivity index (χ2n) is 8.16. The van der Waals surface area contributed by atoms with E-state index in [1.807, 2.05) is 39.5 Å². The number of nitrogens with zero attached hydrogens (tertiary/aromatic N) is 1. The Morgan fingerprint density at radius 2 is 0.919 bits per heavy atom. The van der Waals surface area contributed by atoms with Crippen molar-refractivity contribution in [3.63, 3.8) is 0 Å². The summed E-state index contributed by atoms with van der Waals surface area (Å²) >= 11 is 0. The molecule has 0 spiro atoms. The van der Waals surface area contributed by atoms with Crippen LogP contribution in [0.25, 0.3) is 0 Å². The summed E-state index contributed by atoms with van der Waals surface area (Å²) in [5.41, 5.74) is 1.43. The van der Waals surface area contributed by atoms with Crippen LogP contribution in [0, 0.1) is 0 Å². The molecule has 0 bridgehead atoms. The highest BCUT2D eigenvalue weighted by Crippen LogP contribution is 2.32. The zero-order chi connectivity index (χ0) is 27.4. The molecule has 7 heteroatoms. The zero-order valence-electron chi connectivity index (χ0n) is 22.7. The Balaban J connectivity index is 2.24. The molecule has 37 heavy (non-hydrogen) atoms. The Morgan fingerprint density at radius 1 is 0.622 bits per heavy atom. The molecule has 0 atom stereocenters. The lowest BCUT2D eigenvalue weighted by Gasteiger charge is -2.23. The van der Waals surface area contributed by atoms with Gasteiger partial charge in [0.15, 0.2) is 11.6 Å². The van der Waals surface area contributed by atoms with Gasteiger partial charge in [0.25, 0.3) is 0 Å². The first-order valence-electron chi connectivity index (χ1n) is 12.8. The van der Waals surface area contributed by atoms with Crippen molar-refractivity contribution in [2.75, 3.05) is 46.1 Å². The Hall–Kier alpha value is -3.58. The van der Waals surface area contributed by atoms with Gasteiger partial charge in [-0.1, -0.05) is 32.2 Å². The lowest BCUT2D eigenvalue weighted by molar-refractivity contribution is 0.101. The fraction of sp³-hybridized carbons (Fsp3) is 0.400. The summed E-state index contributed by atoms with van der Waals surface area (Å²) in [5.74, 6) is 1.30. The number of Topliss-reactive ketones (excluding diaryl/α,β-unsaturated/α-hetero) is 2. The van der Waals surface area contributed by atoms with Crippen LogP contribution in [-0.4, -0.2) is 62.5 Å². The maximum atomic E-state index is 13.5. The standard InChI is InChI=1S/C30H39NO6/c1-8-31(19-21(6)29(32)27-23(34-9-2)15-13-16-24(27)35-10-3)20-22(7)30(33)28-25(36-11-4)17-14-18-26(28)37-12-5/h13-18H,6-12,19-20H2,1-5H3. The third-order valence-corrected chi connectivity index (χ3v) is 5.55. The van der Waals surface area contributed by atoms with Gasteiger partial charge in [0, 0.05) is 24.2 Å². The third kappa shape index (κ3) is 7.70. The van der Waals surface area contributed by atoms with E-state index in [1.165, 1.54) is 0 Å². The van der Waals surface area contributed by atoms with Gasteiger partial charge in [0.2, 0.25) is 0 Å². The molecule has 0 aliphatic heterocycles. The van der Waals surface area contributed by atoms with Crippen LogP contribution >= 0.6 is 0 Å². The first kappa shape index (κ1) is 29.6. The first-order chi connectivity index (χ1) is 17.8. The van der Waals surface area contributed by atoms with E-state index in [4.69, 9.17) is 18.9 Å². The summed E-state index contributed by atoms with van der Waals surface area (Å²) < 4.78 is 22.8. The number of hydrogen-bond donors (Lipinski definition) is 0. The van der Waals surface area contributed by atoms with Crippen molar-refractivity contribution in [2.45, 2.75) is 34.6 Å². The van der Waals surface area contributed by atoms with Gasteiger partial charge < -0.3 is 18.9 Å². The molecule has 200 valence electrons. The summed E-state index contributed by atoms with van der Waals surface area (Å²) in [7, 11) is 0. The molecular formula is C30H39NO6. The number of carbonyl (C=O) groups excluding carboxylic acids is 2. The van der Waals surface area contributed by atoms with Gasteiger partial charge in [0.1, 0.15) is 34.1 Å². The van der Waals surface area contributed by atoms with Gasteiger partial charge in [-0.15, -0.1) is 0 Å². The SMILES string of the molecule is C=C(CN(CC)CC(=C)C(=O)c1c(OCC)cccc1OCC)C(=O)c1c(OCC)cccc1OCC. The molecule has 0 aromatic heterocycles. The average Bonchev–Trinajstić information content (AvgIpc) is 2.88. The van der Waals surface area contributed by atoms with E-state index < -0.39 is 0 Å². The first-order valence-corrected chi connectivity index (χ1v) is 12.8. The van der Waals surface area contributed by atoms with E-state index >= 15 is 0 Å². The van der Waals surface area contributed by atoms with Gasteiger partial charge in [-0.05, 0) is 58.5 Å². The van der Waals surface area contributed by atoms with Crippen molar-refractivity contribution in [1.29, 1.82) is 0 Å². The molecule has 0 unspecified atom stereocenters. The minimum atomic E-state index is -0.261. The molecule has 2 rings (SSSR count). The summed E-state index contributed by atoms with van der Waals surface area (Å²) in [4.78, 5) is 28.8. The molecule has 0 N–H and O–H groups in total. The second kappa shape index (κ2) is 14.9.